The van der Waals surface area contributed by atoms with Crippen LogP contribution in [0.1, 0.15) is 65.8 Å². The maximum Gasteiger partial charge on any atom is 0.255 e. The molecule has 0 radical (unpaired) electrons. The van der Waals surface area contributed by atoms with E-state index in [4.69, 9.17) is 9.47 Å². The van der Waals surface area contributed by atoms with Crippen LogP contribution in [0.15, 0.2) is 36.4 Å². The third-order valence-corrected chi connectivity index (χ3v) is 4.68. The summed E-state index contributed by atoms with van der Waals surface area (Å²) in [5, 5.41) is 5.43. The summed E-state index contributed by atoms with van der Waals surface area (Å²) in [6, 6.07) is 9.06. The van der Waals surface area contributed by atoms with Crippen LogP contribution in [0.2, 0.25) is 0 Å². The molecule has 0 atom stereocenters. The fourth-order valence-corrected chi connectivity index (χ4v) is 2.86. The first-order valence-corrected chi connectivity index (χ1v) is 10.7. The predicted octanol–water partition coefficient (Wildman–Crippen LogP) is 4.47. The van der Waals surface area contributed by atoms with E-state index in [2.05, 4.69) is 10.6 Å². The Kier molecular flexibility index (Phi) is 9.81. The standard InChI is InChI=1S/C24H31FN2O4/c1-4-6-14-30-21-19(23(28)26-3)12-13-20(22(21)31-15-7-5-2)24(29)27-16-17-8-10-18(25)11-9-17/h8-13H,4-7,14-16H2,1-3H3,(H,26,28)(H,27,29). The van der Waals surface area contributed by atoms with Gasteiger partial charge in [0.1, 0.15) is 5.82 Å². The lowest BCUT2D eigenvalue weighted by Crippen LogP contribution is -2.25. The summed E-state index contributed by atoms with van der Waals surface area (Å²) in [6.07, 6.45) is 3.46. The lowest BCUT2D eigenvalue weighted by Gasteiger charge is -2.19. The second-order valence-electron chi connectivity index (χ2n) is 7.11. The molecule has 0 spiro atoms. The number of hydrogen-bond acceptors (Lipinski definition) is 4. The quantitative estimate of drug-likeness (QED) is 0.487. The van der Waals surface area contributed by atoms with E-state index < -0.39 is 0 Å². The van der Waals surface area contributed by atoms with Gasteiger partial charge in [0.2, 0.25) is 0 Å². The molecule has 0 saturated carbocycles. The molecule has 0 fully saturated rings. The Morgan fingerprint density at radius 2 is 1.35 bits per heavy atom. The molecule has 2 aromatic rings. The number of carbonyl (C=O) groups is 2. The zero-order valence-electron chi connectivity index (χ0n) is 18.4. The highest BCUT2D eigenvalue weighted by atomic mass is 19.1. The van der Waals surface area contributed by atoms with Gasteiger partial charge in [0, 0.05) is 13.6 Å². The second-order valence-corrected chi connectivity index (χ2v) is 7.11. The van der Waals surface area contributed by atoms with E-state index in [-0.39, 0.29) is 41.2 Å². The van der Waals surface area contributed by atoms with Crippen LogP contribution in [0, 0.1) is 5.82 Å². The topological polar surface area (TPSA) is 76.7 Å². The van der Waals surface area contributed by atoms with E-state index in [0.717, 1.165) is 31.2 Å². The maximum absolute atomic E-state index is 13.1. The lowest BCUT2D eigenvalue weighted by atomic mass is 10.1. The van der Waals surface area contributed by atoms with Crippen molar-refractivity contribution in [3.8, 4) is 11.5 Å². The van der Waals surface area contributed by atoms with Crippen molar-refractivity contribution in [1.29, 1.82) is 0 Å². The summed E-state index contributed by atoms with van der Waals surface area (Å²) in [7, 11) is 1.54. The first kappa shape index (κ1) is 24.2. The molecule has 0 unspecified atom stereocenters. The summed E-state index contributed by atoms with van der Waals surface area (Å²) in [5.41, 5.74) is 1.38. The molecule has 2 aromatic carbocycles. The molecule has 0 aliphatic carbocycles. The molecular weight excluding hydrogens is 399 g/mol. The van der Waals surface area contributed by atoms with Crippen molar-refractivity contribution in [2.75, 3.05) is 20.3 Å². The summed E-state index contributed by atoms with van der Waals surface area (Å²) in [5.74, 6) is -0.467. The molecule has 2 amide bonds. The average molecular weight is 431 g/mol. The number of hydrogen-bond donors (Lipinski definition) is 2. The average Bonchev–Trinajstić information content (AvgIpc) is 2.78. The second kappa shape index (κ2) is 12.6. The molecule has 0 aliphatic rings. The van der Waals surface area contributed by atoms with Crippen molar-refractivity contribution < 1.29 is 23.5 Å². The fourth-order valence-electron chi connectivity index (χ4n) is 2.86. The van der Waals surface area contributed by atoms with E-state index >= 15 is 0 Å². The lowest BCUT2D eigenvalue weighted by molar-refractivity contribution is 0.0935. The van der Waals surface area contributed by atoms with Gasteiger partial charge in [-0.15, -0.1) is 0 Å². The van der Waals surface area contributed by atoms with E-state index in [1.54, 1.807) is 31.3 Å². The molecule has 0 aromatic heterocycles. The number of unbranched alkanes of at least 4 members (excludes halogenated alkanes) is 2. The normalized spacial score (nSPS) is 10.5. The van der Waals surface area contributed by atoms with Gasteiger partial charge in [-0.1, -0.05) is 38.8 Å². The van der Waals surface area contributed by atoms with Gasteiger partial charge in [0.25, 0.3) is 11.8 Å². The van der Waals surface area contributed by atoms with Gasteiger partial charge in [-0.3, -0.25) is 9.59 Å². The highest BCUT2D eigenvalue weighted by molar-refractivity contribution is 6.03. The van der Waals surface area contributed by atoms with Crippen molar-refractivity contribution >= 4 is 11.8 Å². The third-order valence-electron chi connectivity index (χ3n) is 4.68. The van der Waals surface area contributed by atoms with Crippen LogP contribution in [0.4, 0.5) is 4.39 Å². The van der Waals surface area contributed by atoms with Gasteiger partial charge in [0.05, 0.1) is 24.3 Å². The maximum atomic E-state index is 13.1. The monoisotopic (exact) mass is 430 g/mol. The number of ether oxygens (including phenoxy) is 2. The first-order chi connectivity index (χ1) is 15.0. The molecule has 6 nitrogen and oxygen atoms in total. The van der Waals surface area contributed by atoms with Crippen LogP contribution in [0.25, 0.3) is 0 Å². The van der Waals surface area contributed by atoms with E-state index in [1.165, 1.54) is 12.1 Å². The third kappa shape index (κ3) is 6.98. The molecule has 168 valence electrons. The highest BCUT2D eigenvalue weighted by Gasteiger charge is 2.24. The van der Waals surface area contributed by atoms with E-state index in [0.29, 0.717) is 18.8 Å². The molecule has 7 heteroatoms. The largest absolute Gasteiger partial charge is 0.489 e. The van der Waals surface area contributed by atoms with Crippen LogP contribution in [0.5, 0.6) is 11.5 Å². The van der Waals surface area contributed by atoms with Gasteiger partial charge in [-0.25, -0.2) is 4.39 Å². The summed E-state index contributed by atoms with van der Waals surface area (Å²) in [4.78, 5) is 25.3. The molecule has 0 bridgehead atoms. The van der Waals surface area contributed by atoms with Gasteiger partial charge in [0.15, 0.2) is 11.5 Å². The molecule has 0 aliphatic heterocycles. The van der Waals surface area contributed by atoms with Crippen molar-refractivity contribution in [2.45, 2.75) is 46.1 Å². The molecule has 31 heavy (non-hydrogen) atoms. The van der Waals surface area contributed by atoms with Crippen molar-refractivity contribution in [1.82, 2.24) is 10.6 Å². The van der Waals surface area contributed by atoms with Gasteiger partial charge in [-0.2, -0.15) is 0 Å². The van der Waals surface area contributed by atoms with Crippen molar-refractivity contribution in [3.63, 3.8) is 0 Å². The van der Waals surface area contributed by atoms with Crippen LogP contribution in [-0.4, -0.2) is 32.1 Å². The van der Waals surface area contributed by atoms with Gasteiger partial charge >= 0.3 is 0 Å². The molecule has 2 rings (SSSR count). The Labute approximate surface area is 183 Å². The van der Waals surface area contributed by atoms with Gasteiger partial charge < -0.3 is 20.1 Å². The minimum Gasteiger partial charge on any atom is -0.489 e. The van der Waals surface area contributed by atoms with E-state index in [9.17, 15) is 14.0 Å². The Bertz CT molecular complexity index is 869. The molecule has 2 N–H and O–H groups in total. The Morgan fingerprint density at radius 3 is 1.84 bits per heavy atom. The Balaban J connectivity index is 2.35. The van der Waals surface area contributed by atoms with Crippen molar-refractivity contribution in [2.24, 2.45) is 0 Å². The smallest absolute Gasteiger partial charge is 0.255 e. The van der Waals surface area contributed by atoms with Crippen LogP contribution >= 0.6 is 0 Å². The minimum atomic E-state index is -0.361. The SMILES string of the molecule is CCCCOc1c(C(=O)NC)ccc(C(=O)NCc2ccc(F)cc2)c1OCCCC. The van der Waals surface area contributed by atoms with Crippen LogP contribution in [-0.2, 0) is 6.54 Å². The first-order valence-electron chi connectivity index (χ1n) is 10.7. The predicted molar refractivity (Wildman–Crippen MR) is 118 cm³/mol. The zero-order valence-corrected chi connectivity index (χ0v) is 18.4. The summed E-state index contributed by atoms with van der Waals surface area (Å²) < 4.78 is 25.0. The van der Waals surface area contributed by atoms with Crippen molar-refractivity contribution in [3.05, 3.63) is 58.9 Å². The van der Waals surface area contributed by atoms with Crippen LogP contribution in [0.3, 0.4) is 0 Å². The number of halogens is 1. The van der Waals surface area contributed by atoms with Gasteiger partial charge in [-0.05, 0) is 42.7 Å². The fraction of sp³-hybridized carbons (Fsp3) is 0.417. The molecule has 0 heterocycles. The number of nitrogens with one attached hydrogen (secondary N) is 2. The molecule has 0 saturated heterocycles. The minimum absolute atomic E-state index is 0.233. The number of benzene rings is 2. The number of rotatable bonds is 12. The zero-order chi connectivity index (χ0) is 22.6. The summed E-state index contributed by atoms with van der Waals surface area (Å²) >= 11 is 0. The summed E-state index contributed by atoms with van der Waals surface area (Å²) in [6.45, 7) is 5.12. The number of amides is 2. The highest BCUT2D eigenvalue weighted by Crippen LogP contribution is 2.36. The van der Waals surface area contributed by atoms with E-state index in [1.807, 2.05) is 13.8 Å². The van der Waals surface area contributed by atoms with Crippen LogP contribution < -0.4 is 20.1 Å². The number of carbonyl (C=O) groups excluding carboxylic acids is 2. The molecular formula is C24H31FN2O4. The Morgan fingerprint density at radius 1 is 0.839 bits per heavy atom. The Hall–Kier alpha value is -3.09.